The standard InChI is InChI=1S/C17H10ClFN6OS/c18-12-4-11(6-21-7-12)16-22-23-17(27-16)14-1-2-15(26)25(24-14)9-10-3-13(19)8-20-5-10/h1-8H,9H2. The van der Waals surface area contributed by atoms with Gasteiger partial charge in [-0.05, 0) is 23.8 Å². The number of hydrogen-bond donors (Lipinski definition) is 0. The lowest BCUT2D eigenvalue weighted by Crippen LogP contribution is -2.23. The van der Waals surface area contributed by atoms with E-state index in [1.54, 1.807) is 18.3 Å². The molecule has 0 radical (unpaired) electrons. The van der Waals surface area contributed by atoms with Crippen LogP contribution in [0.15, 0.2) is 53.8 Å². The van der Waals surface area contributed by atoms with Crippen molar-refractivity contribution in [1.82, 2.24) is 29.9 Å². The SMILES string of the molecule is O=c1ccc(-c2nnc(-c3cncc(Cl)c3)s2)nn1Cc1cncc(F)c1. The van der Waals surface area contributed by atoms with Crippen molar-refractivity contribution < 1.29 is 4.39 Å². The third-order valence-corrected chi connectivity index (χ3v) is 4.76. The van der Waals surface area contributed by atoms with Crippen LogP contribution in [0.2, 0.25) is 5.02 Å². The Balaban J connectivity index is 1.66. The molecule has 4 rings (SSSR count). The van der Waals surface area contributed by atoms with Crippen molar-refractivity contribution in [2.45, 2.75) is 6.54 Å². The fourth-order valence-electron chi connectivity index (χ4n) is 2.36. The van der Waals surface area contributed by atoms with Gasteiger partial charge in [-0.25, -0.2) is 9.07 Å². The third kappa shape index (κ3) is 3.88. The molecule has 0 saturated heterocycles. The fourth-order valence-corrected chi connectivity index (χ4v) is 3.33. The first-order valence-corrected chi connectivity index (χ1v) is 8.90. The van der Waals surface area contributed by atoms with Crippen LogP contribution in [0.25, 0.3) is 21.3 Å². The Hall–Kier alpha value is -3.04. The van der Waals surface area contributed by atoms with E-state index in [2.05, 4.69) is 25.3 Å². The Morgan fingerprint density at radius 2 is 1.85 bits per heavy atom. The number of hydrogen-bond acceptors (Lipinski definition) is 7. The molecule has 0 aromatic carbocycles. The number of rotatable bonds is 4. The molecule has 0 aliphatic carbocycles. The zero-order chi connectivity index (χ0) is 18.8. The highest BCUT2D eigenvalue weighted by molar-refractivity contribution is 7.17. The van der Waals surface area contributed by atoms with E-state index in [4.69, 9.17) is 11.6 Å². The van der Waals surface area contributed by atoms with E-state index in [1.165, 1.54) is 40.5 Å². The second kappa shape index (κ2) is 7.29. The topological polar surface area (TPSA) is 86.5 Å². The molecule has 0 saturated carbocycles. The molecule has 10 heteroatoms. The Kier molecular flexibility index (Phi) is 4.69. The molecule has 0 spiro atoms. The normalized spacial score (nSPS) is 10.9. The zero-order valence-corrected chi connectivity index (χ0v) is 15.2. The largest absolute Gasteiger partial charge is 0.268 e. The molecule has 0 atom stereocenters. The minimum Gasteiger partial charge on any atom is -0.268 e. The predicted octanol–water partition coefficient (Wildman–Crippen LogP) is 3.06. The highest BCUT2D eigenvalue weighted by atomic mass is 35.5. The van der Waals surface area contributed by atoms with Gasteiger partial charge in [0.1, 0.15) is 16.5 Å². The molecular formula is C17H10ClFN6OS. The van der Waals surface area contributed by atoms with Gasteiger partial charge >= 0.3 is 0 Å². The van der Waals surface area contributed by atoms with E-state index in [0.29, 0.717) is 26.3 Å². The molecule has 134 valence electrons. The predicted molar refractivity (Wildman–Crippen MR) is 98.9 cm³/mol. The third-order valence-electron chi connectivity index (χ3n) is 3.56. The molecule has 27 heavy (non-hydrogen) atoms. The lowest BCUT2D eigenvalue weighted by molar-refractivity contribution is 0.604. The van der Waals surface area contributed by atoms with Crippen molar-refractivity contribution in [3.05, 3.63) is 75.8 Å². The maximum Gasteiger partial charge on any atom is 0.267 e. The minimum atomic E-state index is -0.472. The summed E-state index contributed by atoms with van der Waals surface area (Å²) in [4.78, 5) is 19.9. The average Bonchev–Trinajstić information content (AvgIpc) is 3.14. The molecule has 0 N–H and O–H groups in total. The summed E-state index contributed by atoms with van der Waals surface area (Å²) in [6.07, 6.45) is 5.76. The first-order valence-electron chi connectivity index (χ1n) is 7.71. The van der Waals surface area contributed by atoms with Gasteiger partial charge in [0.15, 0.2) is 5.01 Å². The fraction of sp³-hybridized carbons (Fsp3) is 0.0588. The maximum atomic E-state index is 13.3. The van der Waals surface area contributed by atoms with E-state index < -0.39 is 5.82 Å². The van der Waals surface area contributed by atoms with Crippen molar-refractivity contribution in [1.29, 1.82) is 0 Å². The summed E-state index contributed by atoms with van der Waals surface area (Å²) >= 11 is 7.26. The number of halogens is 2. The zero-order valence-electron chi connectivity index (χ0n) is 13.6. The van der Waals surface area contributed by atoms with Crippen LogP contribution >= 0.6 is 22.9 Å². The average molecular weight is 401 g/mol. The summed E-state index contributed by atoms with van der Waals surface area (Å²) < 4.78 is 14.5. The van der Waals surface area contributed by atoms with E-state index in [1.807, 2.05) is 0 Å². The van der Waals surface area contributed by atoms with Crippen molar-refractivity contribution in [2.75, 3.05) is 0 Å². The molecule has 0 bridgehead atoms. The van der Waals surface area contributed by atoms with Gasteiger partial charge in [0.2, 0.25) is 0 Å². The molecule has 0 unspecified atom stereocenters. The number of nitrogens with zero attached hydrogens (tertiary/aromatic N) is 6. The highest BCUT2D eigenvalue weighted by Crippen LogP contribution is 2.29. The van der Waals surface area contributed by atoms with Gasteiger partial charge < -0.3 is 0 Å². The van der Waals surface area contributed by atoms with Crippen molar-refractivity contribution in [2.24, 2.45) is 0 Å². The lowest BCUT2D eigenvalue weighted by Gasteiger charge is -2.05. The second-order valence-electron chi connectivity index (χ2n) is 5.53. The first kappa shape index (κ1) is 17.4. The van der Waals surface area contributed by atoms with Gasteiger partial charge in [0.05, 0.1) is 17.8 Å². The van der Waals surface area contributed by atoms with Gasteiger partial charge in [-0.1, -0.05) is 22.9 Å². The summed E-state index contributed by atoms with van der Waals surface area (Å²) in [5.74, 6) is -0.472. The van der Waals surface area contributed by atoms with Gasteiger partial charge in [-0.2, -0.15) is 5.10 Å². The summed E-state index contributed by atoms with van der Waals surface area (Å²) in [5, 5.41) is 14.2. The summed E-state index contributed by atoms with van der Waals surface area (Å²) in [6, 6.07) is 6.01. The lowest BCUT2D eigenvalue weighted by atomic mass is 10.3. The Morgan fingerprint density at radius 3 is 2.67 bits per heavy atom. The van der Waals surface area contributed by atoms with E-state index >= 15 is 0 Å². The molecule has 4 heterocycles. The quantitative estimate of drug-likeness (QED) is 0.523. The van der Waals surface area contributed by atoms with Gasteiger partial charge in [-0.3, -0.25) is 14.8 Å². The van der Waals surface area contributed by atoms with Crippen molar-refractivity contribution in [3.63, 3.8) is 0 Å². The summed E-state index contributed by atoms with van der Waals surface area (Å²) in [7, 11) is 0. The van der Waals surface area contributed by atoms with Crippen LogP contribution in [-0.2, 0) is 6.54 Å². The van der Waals surface area contributed by atoms with Crippen LogP contribution in [0, 0.1) is 5.82 Å². The van der Waals surface area contributed by atoms with Crippen molar-refractivity contribution in [3.8, 4) is 21.3 Å². The molecule has 4 aromatic heterocycles. The molecule has 0 aliphatic rings. The van der Waals surface area contributed by atoms with E-state index in [-0.39, 0.29) is 12.1 Å². The molecule has 7 nitrogen and oxygen atoms in total. The second-order valence-corrected chi connectivity index (χ2v) is 6.94. The smallest absolute Gasteiger partial charge is 0.267 e. The summed E-state index contributed by atoms with van der Waals surface area (Å²) in [6.45, 7) is 0.0985. The Bertz CT molecular complexity index is 1180. The van der Waals surface area contributed by atoms with Crippen LogP contribution in [0.4, 0.5) is 4.39 Å². The van der Waals surface area contributed by atoms with Crippen LogP contribution in [0.5, 0.6) is 0 Å². The van der Waals surface area contributed by atoms with Gasteiger partial charge in [0.25, 0.3) is 5.56 Å². The number of aromatic nitrogens is 6. The maximum absolute atomic E-state index is 13.3. The van der Waals surface area contributed by atoms with Gasteiger partial charge in [-0.15, -0.1) is 10.2 Å². The molecule has 0 fully saturated rings. The summed E-state index contributed by atoms with van der Waals surface area (Å²) in [5.41, 5.74) is 1.44. The van der Waals surface area contributed by atoms with Crippen LogP contribution in [0.3, 0.4) is 0 Å². The molecular weight excluding hydrogens is 391 g/mol. The number of pyridine rings is 2. The highest BCUT2D eigenvalue weighted by Gasteiger charge is 2.12. The van der Waals surface area contributed by atoms with Gasteiger partial charge in [0, 0.05) is 30.2 Å². The first-order chi connectivity index (χ1) is 13.1. The van der Waals surface area contributed by atoms with Crippen LogP contribution < -0.4 is 5.56 Å². The van der Waals surface area contributed by atoms with E-state index in [9.17, 15) is 9.18 Å². The Labute approximate surface area is 161 Å². The monoisotopic (exact) mass is 400 g/mol. The molecule has 0 amide bonds. The van der Waals surface area contributed by atoms with Crippen LogP contribution in [0.1, 0.15) is 5.56 Å². The Morgan fingerprint density at radius 1 is 1.04 bits per heavy atom. The minimum absolute atomic E-state index is 0.0985. The molecule has 0 aliphatic heterocycles. The van der Waals surface area contributed by atoms with E-state index in [0.717, 1.165) is 11.8 Å². The van der Waals surface area contributed by atoms with Crippen molar-refractivity contribution >= 4 is 22.9 Å². The van der Waals surface area contributed by atoms with Crippen LogP contribution in [-0.4, -0.2) is 29.9 Å². The molecule has 4 aromatic rings.